The van der Waals surface area contributed by atoms with Gasteiger partial charge in [0.05, 0.1) is 5.41 Å². The van der Waals surface area contributed by atoms with Crippen molar-refractivity contribution >= 4 is 27.8 Å². The molecule has 4 nitrogen and oxygen atoms in total. The topological polar surface area (TPSA) is 46.6 Å². The summed E-state index contributed by atoms with van der Waals surface area (Å²) in [7, 11) is 0. The second kappa shape index (κ2) is 8.66. The Bertz CT molecular complexity index is 921. The predicted molar refractivity (Wildman–Crippen MR) is 127 cm³/mol. The third kappa shape index (κ3) is 4.50. The largest absolute Gasteiger partial charge is 0.455 e. The lowest BCUT2D eigenvalue weighted by Crippen LogP contribution is -2.56. The minimum Gasteiger partial charge on any atom is -0.455 e. The van der Waals surface area contributed by atoms with E-state index in [0.29, 0.717) is 24.9 Å². The molecule has 2 aromatic rings. The van der Waals surface area contributed by atoms with Crippen molar-refractivity contribution in [3.05, 3.63) is 71.8 Å². The fourth-order valence-electron chi connectivity index (χ4n) is 6.60. The third-order valence-corrected chi connectivity index (χ3v) is 8.46. The first-order valence-electron chi connectivity index (χ1n) is 11.6. The summed E-state index contributed by atoms with van der Waals surface area (Å²) in [4.78, 5) is 28.2. The summed E-state index contributed by atoms with van der Waals surface area (Å²) >= 11 is 3.96. The van der Waals surface area contributed by atoms with E-state index >= 15 is 0 Å². The van der Waals surface area contributed by atoms with Crippen LogP contribution in [0.3, 0.4) is 0 Å². The number of benzene rings is 2. The molecule has 0 aromatic heterocycles. The summed E-state index contributed by atoms with van der Waals surface area (Å²) < 4.78 is 5.83. The highest BCUT2D eigenvalue weighted by Gasteiger charge is 2.60. The zero-order valence-electron chi connectivity index (χ0n) is 18.3. The molecule has 0 N–H and O–H groups in total. The Labute approximate surface area is 198 Å². The summed E-state index contributed by atoms with van der Waals surface area (Å²) in [6.07, 6.45) is 6.25. The number of hydrogen-bond acceptors (Lipinski definition) is 3. The molecule has 6 rings (SSSR count). The van der Waals surface area contributed by atoms with Gasteiger partial charge in [0.2, 0.25) is 0 Å². The van der Waals surface area contributed by atoms with Crippen LogP contribution in [0.1, 0.15) is 49.7 Å². The number of esters is 1. The van der Waals surface area contributed by atoms with Gasteiger partial charge in [-0.2, -0.15) is 0 Å². The Morgan fingerprint density at radius 3 is 1.91 bits per heavy atom. The van der Waals surface area contributed by atoms with Crippen LogP contribution < -0.4 is 0 Å². The Balaban J connectivity index is 1.26. The highest BCUT2D eigenvalue weighted by atomic mass is 79.9. The molecule has 0 saturated heterocycles. The molecule has 2 atom stereocenters. The van der Waals surface area contributed by atoms with Crippen molar-refractivity contribution in [1.82, 2.24) is 4.90 Å². The van der Waals surface area contributed by atoms with Crippen molar-refractivity contribution < 1.29 is 14.3 Å². The first-order chi connectivity index (χ1) is 15.4. The van der Waals surface area contributed by atoms with E-state index in [9.17, 15) is 9.59 Å². The van der Waals surface area contributed by atoms with Crippen LogP contribution in [-0.4, -0.2) is 27.7 Å². The van der Waals surface area contributed by atoms with Crippen LogP contribution in [0, 0.1) is 17.3 Å². The normalized spacial score (nSPS) is 30.2. The van der Waals surface area contributed by atoms with Gasteiger partial charge in [0, 0.05) is 17.4 Å². The monoisotopic (exact) mass is 495 g/mol. The van der Waals surface area contributed by atoms with Crippen LogP contribution in [-0.2, 0) is 27.4 Å². The van der Waals surface area contributed by atoms with Crippen molar-refractivity contribution in [2.24, 2.45) is 17.3 Å². The molecule has 0 radical (unpaired) electrons. The highest BCUT2D eigenvalue weighted by Crippen LogP contribution is 2.64. The summed E-state index contributed by atoms with van der Waals surface area (Å²) in [5.41, 5.74) is 1.72. The van der Waals surface area contributed by atoms with Crippen LogP contribution in [0.4, 0.5) is 0 Å². The first-order valence-corrected chi connectivity index (χ1v) is 12.4. The summed E-state index contributed by atoms with van der Waals surface area (Å²) in [5.74, 6) is 0.894. The second-order valence-corrected chi connectivity index (χ2v) is 11.9. The molecule has 168 valence electrons. The minimum absolute atomic E-state index is 0.0900. The fourth-order valence-corrected chi connectivity index (χ4v) is 8.05. The molecule has 4 fully saturated rings. The molecule has 5 heteroatoms. The fraction of sp³-hybridized carbons (Fsp3) is 0.481. The van der Waals surface area contributed by atoms with Crippen molar-refractivity contribution in [3.8, 4) is 0 Å². The van der Waals surface area contributed by atoms with Gasteiger partial charge in [-0.1, -0.05) is 76.6 Å². The van der Waals surface area contributed by atoms with E-state index in [2.05, 4.69) is 15.9 Å². The van der Waals surface area contributed by atoms with Gasteiger partial charge in [-0.3, -0.25) is 9.59 Å². The number of carbonyl (C=O) groups excluding carboxylic acids is 2. The first kappa shape index (κ1) is 21.7. The summed E-state index contributed by atoms with van der Waals surface area (Å²) in [6.45, 7) is 0.794. The molecule has 1 amide bonds. The third-order valence-electron chi connectivity index (χ3n) is 7.53. The van der Waals surface area contributed by atoms with Crippen molar-refractivity contribution in [1.29, 1.82) is 0 Å². The molecular formula is C27H30BrNO3. The number of halogens is 1. The summed E-state index contributed by atoms with van der Waals surface area (Å²) in [6, 6.07) is 19.9. The zero-order valence-corrected chi connectivity index (χ0v) is 19.9. The Hall–Kier alpha value is -2.14. The van der Waals surface area contributed by atoms with Gasteiger partial charge in [-0.25, -0.2) is 0 Å². The summed E-state index contributed by atoms with van der Waals surface area (Å²) in [5, 5.41) is 0. The number of ether oxygens (including phenoxy) is 1. The molecule has 4 aliphatic rings. The highest BCUT2D eigenvalue weighted by molar-refractivity contribution is 9.10. The van der Waals surface area contributed by atoms with Crippen LogP contribution in [0.25, 0.3) is 0 Å². The lowest BCUT2D eigenvalue weighted by Gasteiger charge is -2.58. The number of amides is 1. The van der Waals surface area contributed by atoms with E-state index in [1.807, 2.05) is 60.7 Å². The molecule has 4 bridgehead atoms. The molecule has 2 aromatic carbocycles. The predicted octanol–water partition coefficient (Wildman–Crippen LogP) is 5.49. The number of carbonyl (C=O) groups is 2. The standard InChI is InChI=1S/C27H30BrNO3/c28-27-14-22-11-23(15-27)13-26(12-22,19-27)25(31)32-18-24(30)29(16-20-7-3-1-4-8-20)17-21-9-5-2-6-10-21/h1-10,22-23H,11-19H2/t22-,23-,26?,27?/m1/s1. The van der Waals surface area contributed by atoms with Gasteiger partial charge >= 0.3 is 5.97 Å². The lowest BCUT2D eigenvalue weighted by atomic mass is 9.49. The molecule has 4 saturated carbocycles. The van der Waals surface area contributed by atoms with Crippen molar-refractivity contribution in [2.75, 3.05) is 6.61 Å². The van der Waals surface area contributed by atoms with Gasteiger partial charge in [0.25, 0.3) is 5.91 Å². The molecule has 0 heterocycles. The lowest BCUT2D eigenvalue weighted by molar-refractivity contribution is -0.172. The molecule has 0 unspecified atom stereocenters. The van der Waals surface area contributed by atoms with Crippen molar-refractivity contribution in [3.63, 3.8) is 0 Å². The maximum Gasteiger partial charge on any atom is 0.312 e. The van der Waals surface area contributed by atoms with Gasteiger partial charge in [-0.05, 0) is 61.5 Å². The minimum atomic E-state index is -0.405. The Morgan fingerprint density at radius 1 is 0.875 bits per heavy atom. The van der Waals surface area contributed by atoms with Crippen LogP contribution in [0.2, 0.25) is 0 Å². The zero-order chi connectivity index (χ0) is 22.2. The molecule has 0 aliphatic heterocycles. The van der Waals surface area contributed by atoms with Crippen LogP contribution in [0.15, 0.2) is 60.7 Å². The smallest absolute Gasteiger partial charge is 0.312 e. The van der Waals surface area contributed by atoms with E-state index in [4.69, 9.17) is 4.74 Å². The number of nitrogens with zero attached hydrogens (tertiary/aromatic N) is 1. The van der Waals surface area contributed by atoms with E-state index in [1.165, 1.54) is 19.3 Å². The van der Waals surface area contributed by atoms with Gasteiger partial charge in [0.15, 0.2) is 6.61 Å². The van der Waals surface area contributed by atoms with E-state index in [-0.39, 0.29) is 22.8 Å². The average molecular weight is 496 g/mol. The van der Waals surface area contributed by atoms with Crippen LogP contribution >= 0.6 is 15.9 Å². The SMILES string of the molecule is O=C(COC(=O)C12C[C@H]3C[C@@H](CC(Br)(C3)C1)C2)N(Cc1ccccc1)Cc1ccccc1. The number of rotatable bonds is 7. The van der Waals surface area contributed by atoms with Gasteiger partial charge < -0.3 is 9.64 Å². The quantitative estimate of drug-likeness (QED) is 0.376. The molecule has 0 spiro atoms. The number of alkyl halides is 1. The molecule has 32 heavy (non-hydrogen) atoms. The van der Waals surface area contributed by atoms with Crippen LogP contribution in [0.5, 0.6) is 0 Å². The number of hydrogen-bond donors (Lipinski definition) is 0. The van der Waals surface area contributed by atoms with E-state index in [0.717, 1.165) is 30.4 Å². The molecule has 4 aliphatic carbocycles. The van der Waals surface area contributed by atoms with E-state index in [1.54, 1.807) is 4.90 Å². The van der Waals surface area contributed by atoms with Gasteiger partial charge in [0.1, 0.15) is 0 Å². The Morgan fingerprint density at radius 2 is 1.41 bits per heavy atom. The van der Waals surface area contributed by atoms with Gasteiger partial charge in [-0.15, -0.1) is 0 Å². The maximum absolute atomic E-state index is 13.3. The van der Waals surface area contributed by atoms with Crippen molar-refractivity contribution in [2.45, 2.75) is 55.9 Å². The van der Waals surface area contributed by atoms with E-state index < -0.39 is 5.41 Å². The molecular weight excluding hydrogens is 466 g/mol. The Kier molecular flexibility index (Phi) is 5.87. The maximum atomic E-state index is 13.3. The average Bonchev–Trinajstić information content (AvgIpc) is 2.76. The second-order valence-electron chi connectivity index (χ2n) is 10.2.